The second kappa shape index (κ2) is 3.27. The third kappa shape index (κ3) is 1.41. The number of nitrogens with one attached hydrogen (secondary N) is 1. The van der Waals surface area contributed by atoms with Gasteiger partial charge in [0.25, 0.3) is 0 Å². The number of hydrogen-bond donors (Lipinski definition) is 2. The smallest absolute Gasteiger partial charge is 0.354 e. The zero-order valence-corrected chi connectivity index (χ0v) is 8.48. The average molecular weight is 205 g/mol. The average Bonchev–Trinajstić information content (AvgIpc) is 2.75. The molecule has 0 spiro atoms. The first-order valence-corrected chi connectivity index (χ1v) is 4.51. The molecule has 0 unspecified atom stereocenters. The molecule has 2 aromatic heterocycles. The maximum atomic E-state index is 11.1. The van der Waals surface area contributed by atoms with Crippen molar-refractivity contribution in [3.05, 3.63) is 29.8 Å². The van der Waals surface area contributed by atoms with Crippen LogP contribution in [0.5, 0.6) is 0 Å². The Balaban J connectivity index is 2.67. The highest BCUT2D eigenvalue weighted by Gasteiger charge is 2.20. The lowest BCUT2D eigenvalue weighted by molar-refractivity contribution is 0.0687. The molecule has 0 aromatic carbocycles. The summed E-state index contributed by atoms with van der Waals surface area (Å²) in [6.07, 6.45) is 1.74. The van der Waals surface area contributed by atoms with Crippen LogP contribution < -0.4 is 0 Å². The molecule has 0 saturated carbocycles. The summed E-state index contributed by atoms with van der Waals surface area (Å²) in [6.45, 7) is 1.78. The van der Waals surface area contributed by atoms with Gasteiger partial charge >= 0.3 is 5.97 Å². The number of aromatic nitrogens is 3. The van der Waals surface area contributed by atoms with Gasteiger partial charge in [-0.05, 0) is 19.1 Å². The number of rotatable bonds is 2. The first-order chi connectivity index (χ1) is 7.11. The van der Waals surface area contributed by atoms with Crippen molar-refractivity contribution >= 4 is 5.97 Å². The molecular formula is C10H11N3O2. The zero-order valence-electron chi connectivity index (χ0n) is 8.48. The second-order valence-corrected chi connectivity index (χ2v) is 3.30. The minimum Gasteiger partial charge on any atom is -0.477 e. The van der Waals surface area contributed by atoms with Crippen molar-refractivity contribution < 1.29 is 9.90 Å². The quantitative estimate of drug-likeness (QED) is 0.778. The highest BCUT2D eigenvalue weighted by Crippen LogP contribution is 2.21. The van der Waals surface area contributed by atoms with E-state index >= 15 is 0 Å². The molecule has 2 N–H and O–H groups in total. The number of aromatic carboxylic acids is 1. The molecule has 2 aromatic rings. The molecular weight excluding hydrogens is 194 g/mol. The van der Waals surface area contributed by atoms with Gasteiger partial charge in [0.2, 0.25) is 0 Å². The first kappa shape index (κ1) is 9.51. The maximum absolute atomic E-state index is 11.1. The number of carboxylic acids is 1. The Morgan fingerprint density at radius 3 is 2.87 bits per heavy atom. The molecule has 2 rings (SSSR count). The Morgan fingerprint density at radius 1 is 1.60 bits per heavy atom. The van der Waals surface area contributed by atoms with Crippen molar-refractivity contribution in [3.8, 4) is 11.4 Å². The summed E-state index contributed by atoms with van der Waals surface area (Å²) in [4.78, 5) is 18.3. The van der Waals surface area contributed by atoms with Crippen LogP contribution in [-0.4, -0.2) is 25.6 Å². The van der Waals surface area contributed by atoms with Crippen molar-refractivity contribution in [3.63, 3.8) is 0 Å². The van der Waals surface area contributed by atoms with E-state index in [1.807, 2.05) is 6.07 Å². The second-order valence-electron chi connectivity index (χ2n) is 3.30. The third-order valence-electron chi connectivity index (χ3n) is 2.37. The maximum Gasteiger partial charge on any atom is 0.354 e. The fraction of sp³-hybridized carbons (Fsp3) is 0.200. The molecule has 0 atom stereocenters. The van der Waals surface area contributed by atoms with Gasteiger partial charge in [-0.15, -0.1) is 0 Å². The van der Waals surface area contributed by atoms with E-state index in [0.717, 1.165) is 5.69 Å². The van der Waals surface area contributed by atoms with Gasteiger partial charge in [-0.3, -0.25) is 0 Å². The Bertz CT molecular complexity index is 497. The lowest BCUT2D eigenvalue weighted by atomic mass is 10.2. The topological polar surface area (TPSA) is 70.9 Å². The van der Waals surface area contributed by atoms with E-state index in [2.05, 4.69) is 9.97 Å². The van der Waals surface area contributed by atoms with E-state index in [0.29, 0.717) is 11.5 Å². The van der Waals surface area contributed by atoms with E-state index in [1.54, 1.807) is 30.8 Å². The van der Waals surface area contributed by atoms with Gasteiger partial charge in [0.1, 0.15) is 11.5 Å². The van der Waals surface area contributed by atoms with E-state index in [9.17, 15) is 4.79 Å². The monoisotopic (exact) mass is 205 g/mol. The van der Waals surface area contributed by atoms with Crippen LogP contribution in [0.15, 0.2) is 18.3 Å². The van der Waals surface area contributed by atoms with Crippen LogP contribution in [0, 0.1) is 6.92 Å². The highest BCUT2D eigenvalue weighted by molar-refractivity contribution is 5.92. The number of H-pyrrole nitrogens is 1. The zero-order chi connectivity index (χ0) is 11.0. The normalized spacial score (nSPS) is 10.5. The van der Waals surface area contributed by atoms with Gasteiger partial charge < -0.3 is 14.7 Å². The third-order valence-corrected chi connectivity index (χ3v) is 2.37. The number of hydrogen-bond acceptors (Lipinski definition) is 2. The van der Waals surface area contributed by atoms with E-state index in [4.69, 9.17) is 5.11 Å². The largest absolute Gasteiger partial charge is 0.477 e. The predicted molar refractivity (Wildman–Crippen MR) is 54.7 cm³/mol. The molecule has 5 heteroatoms. The molecule has 0 fully saturated rings. The lowest BCUT2D eigenvalue weighted by Gasteiger charge is -1.99. The van der Waals surface area contributed by atoms with Crippen molar-refractivity contribution in [2.24, 2.45) is 7.05 Å². The van der Waals surface area contributed by atoms with Crippen molar-refractivity contribution in [1.29, 1.82) is 0 Å². The van der Waals surface area contributed by atoms with Crippen LogP contribution >= 0.6 is 0 Å². The van der Waals surface area contributed by atoms with Gasteiger partial charge in [-0.1, -0.05) is 0 Å². The highest BCUT2D eigenvalue weighted by atomic mass is 16.4. The van der Waals surface area contributed by atoms with Gasteiger partial charge in [0, 0.05) is 13.2 Å². The first-order valence-electron chi connectivity index (χ1n) is 4.51. The number of carboxylic acid groups (broad SMARTS) is 1. The Hall–Kier alpha value is -2.04. The fourth-order valence-electron chi connectivity index (χ4n) is 1.52. The fourth-order valence-corrected chi connectivity index (χ4v) is 1.52. The van der Waals surface area contributed by atoms with Gasteiger partial charge in [0.15, 0.2) is 5.69 Å². The summed E-state index contributed by atoms with van der Waals surface area (Å²) in [5.74, 6) is -0.292. The van der Waals surface area contributed by atoms with Gasteiger partial charge in [-0.2, -0.15) is 0 Å². The van der Waals surface area contributed by atoms with Crippen molar-refractivity contribution in [2.75, 3.05) is 0 Å². The summed E-state index contributed by atoms with van der Waals surface area (Å²) < 4.78 is 1.57. The minimum absolute atomic E-state index is 0.204. The molecule has 0 aliphatic rings. The van der Waals surface area contributed by atoms with Crippen LogP contribution in [0.25, 0.3) is 11.4 Å². The molecule has 78 valence electrons. The van der Waals surface area contributed by atoms with Crippen molar-refractivity contribution in [2.45, 2.75) is 6.92 Å². The SMILES string of the molecule is Cc1nc(-c2ccc[nH]2)c(C(=O)O)n1C. The summed E-state index contributed by atoms with van der Waals surface area (Å²) in [5.41, 5.74) is 1.40. The molecule has 0 aliphatic heterocycles. The molecule has 5 nitrogen and oxygen atoms in total. The number of imidazole rings is 1. The number of aromatic amines is 1. The number of nitrogens with zero attached hydrogens (tertiary/aromatic N) is 2. The van der Waals surface area contributed by atoms with Crippen LogP contribution in [0.1, 0.15) is 16.3 Å². The van der Waals surface area contributed by atoms with Gasteiger partial charge in [-0.25, -0.2) is 9.78 Å². The van der Waals surface area contributed by atoms with E-state index < -0.39 is 5.97 Å². The Labute approximate surface area is 86.4 Å². The Morgan fingerprint density at radius 2 is 2.33 bits per heavy atom. The summed E-state index contributed by atoms with van der Waals surface area (Å²) in [6, 6.07) is 3.61. The Kier molecular flexibility index (Phi) is 2.07. The lowest BCUT2D eigenvalue weighted by Crippen LogP contribution is -2.06. The molecule has 0 bridgehead atoms. The number of carbonyl (C=O) groups is 1. The van der Waals surface area contributed by atoms with Crippen molar-refractivity contribution in [1.82, 2.24) is 14.5 Å². The predicted octanol–water partition coefficient (Wildman–Crippen LogP) is 1.42. The standard InChI is InChI=1S/C10H11N3O2/c1-6-12-8(7-4-3-5-11-7)9(10(14)15)13(6)2/h3-5,11H,1-2H3,(H,14,15). The van der Waals surface area contributed by atoms with Crippen LogP contribution in [0.4, 0.5) is 0 Å². The molecule has 0 saturated heterocycles. The summed E-state index contributed by atoms with van der Waals surface area (Å²) in [7, 11) is 1.69. The molecule has 0 aliphatic carbocycles. The molecule has 0 amide bonds. The van der Waals surface area contributed by atoms with E-state index in [1.165, 1.54) is 0 Å². The number of aryl methyl sites for hydroxylation is 1. The van der Waals surface area contributed by atoms with Crippen LogP contribution in [-0.2, 0) is 7.05 Å². The molecule has 15 heavy (non-hydrogen) atoms. The summed E-state index contributed by atoms with van der Waals surface area (Å²) in [5, 5.41) is 9.08. The van der Waals surface area contributed by atoms with Gasteiger partial charge in [0.05, 0.1) is 5.69 Å². The molecule has 2 heterocycles. The van der Waals surface area contributed by atoms with Crippen LogP contribution in [0.2, 0.25) is 0 Å². The summed E-state index contributed by atoms with van der Waals surface area (Å²) >= 11 is 0. The molecule has 0 radical (unpaired) electrons. The van der Waals surface area contributed by atoms with Crippen LogP contribution in [0.3, 0.4) is 0 Å². The minimum atomic E-state index is -0.970. The van der Waals surface area contributed by atoms with E-state index in [-0.39, 0.29) is 5.69 Å².